The van der Waals surface area contributed by atoms with Crippen LogP contribution < -0.4 is 0 Å². The fourth-order valence-electron chi connectivity index (χ4n) is 3.80. The molecule has 1 heterocycles. The number of hydrogen-bond donors (Lipinski definition) is 0. The van der Waals surface area contributed by atoms with Crippen molar-refractivity contribution in [3.05, 3.63) is 24.0 Å². The highest BCUT2D eigenvalue weighted by Crippen LogP contribution is 2.26. The molecular weight excluding hydrogens is 378 g/mol. The molecule has 1 atom stereocenters. The number of rotatable bonds is 13. The Morgan fingerprint density at radius 2 is 1.87 bits per heavy atom. The van der Waals surface area contributed by atoms with E-state index in [-0.39, 0.29) is 23.8 Å². The van der Waals surface area contributed by atoms with Crippen molar-refractivity contribution in [2.45, 2.75) is 66.8 Å². The van der Waals surface area contributed by atoms with Crippen LogP contribution >= 0.6 is 0 Å². The van der Waals surface area contributed by atoms with Crippen LogP contribution in [-0.4, -0.2) is 59.5 Å². The highest BCUT2D eigenvalue weighted by Gasteiger charge is 2.24. The molecule has 0 N–H and O–H groups in total. The van der Waals surface area contributed by atoms with Gasteiger partial charge < -0.3 is 19.1 Å². The number of methoxy groups -OCH3 is 1. The van der Waals surface area contributed by atoms with E-state index in [2.05, 4.69) is 34.6 Å². The van der Waals surface area contributed by atoms with Gasteiger partial charge in [-0.3, -0.25) is 9.59 Å². The van der Waals surface area contributed by atoms with E-state index in [1.807, 2.05) is 29.9 Å². The topological polar surface area (TPSA) is 54.8 Å². The van der Waals surface area contributed by atoms with Crippen LogP contribution in [0, 0.1) is 11.3 Å². The molecule has 30 heavy (non-hydrogen) atoms. The number of amides is 2. The molecule has 0 bridgehead atoms. The number of carbonyl (C=O) groups excluding carboxylic acids is 2. The first-order valence-corrected chi connectivity index (χ1v) is 11.2. The number of unbranched alkanes of at least 4 members (excludes halogenated alkanes) is 1. The second kappa shape index (κ2) is 12.8. The van der Waals surface area contributed by atoms with Crippen LogP contribution in [0.4, 0.5) is 0 Å². The molecule has 0 spiro atoms. The van der Waals surface area contributed by atoms with Crippen molar-refractivity contribution >= 4 is 11.8 Å². The van der Waals surface area contributed by atoms with Gasteiger partial charge in [0.25, 0.3) is 0 Å². The Morgan fingerprint density at radius 3 is 2.40 bits per heavy atom. The van der Waals surface area contributed by atoms with E-state index in [1.165, 1.54) is 0 Å². The molecule has 0 unspecified atom stereocenters. The van der Waals surface area contributed by atoms with Crippen molar-refractivity contribution in [2.24, 2.45) is 18.4 Å². The van der Waals surface area contributed by atoms with Gasteiger partial charge in [-0.25, -0.2) is 0 Å². The van der Waals surface area contributed by atoms with Gasteiger partial charge in [0.2, 0.25) is 11.8 Å². The Morgan fingerprint density at radius 1 is 1.17 bits per heavy atom. The van der Waals surface area contributed by atoms with Crippen LogP contribution in [0.15, 0.2) is 18.3 Å². The lowest BCUT2D eigenvalue weighted by Crippen LogP contribution is -2.44. The molecule has 0 saturated carbocycles. The number of hydrogen-bond acceptors (Lipinski definition) is 3. The first-order chi connectivity index (χ1) is 14.1. The van der Waals surface area contributed by atoms with Crippen molar-refractivity contribution in [3.63, 3.8) is 0 Å². The monoisotopic (exact) mass is 421 g/mol. The Kier molecular flexibility index (Phi) is 11.2. The molecule has 0 aliphatic carbocycles. The number of ether oxygens (including phenoxy) is 1. The first-order valence-electron chi connectivity index (χ1n) is 11.2. The second-order valence-electron chi connectivity index (χ2n) is 9.66. The third-order valence-electron chi connectivity index (χ3n) is 5.27. The van der Waals surface area contributed by atoms with E-state index in [9.17, 15) is 9.59 Å². The summed E-state index contributed by atoms with van der Waals surface area (Å²) in [7, 11) is 3.61. The van der Waals surface area contributed by atoms with Crippen molar-refractivity contribution in [3.8, 4) is 0 Å². The van der Waals surface area contributed by atoms with Gasteiger partial charge in [-0.2, -0.15) is 0 Å². The zero-order valence-corrected chi connectivity index (χ0v) is 20.2. The fourth-order valence-corrected chi connectivity index (χ4v) is 3.80. The van der Waals surface area contributed by atoms with Gasteiger partial charge in [0, 0.05) is 45.6 Å². The molecule has 1 rings (SSSR count). The number of carbonyl (C=O) groups is 2. The van der Waals surface area contributed by atoms with Gasteiger partial charge in [-0.05, 0) is 36.3 Å². The Labute approximate surface area is 183 Å². The highest BCUT2D eigenvalue weighted by atomic mass is 16.5. The quantitative estimate of drug-likeness (QED) is 0.482. The summed E-state index contributed by atoms with van der Waals surface area (Å²) in [6, 6.07) is 3.99. The Balaban J connectivity index is 2.83. The SMILES string of the molecule is CCCCN(CC(=O)N(CCOC)Cc1cccn1C)C(=O)C[C@@H](C)CC(C)(C)C. The average Bonchev–Trinajstić information content (AvgIpc) is 3.04. The van der Waals surface area contributed by atoms with Crippen LogP contribution in [0.3, 0.4) is 0 Å². The molecule has 0 aliphatic heterocycles. The van der Waals surface area contributed by atoms with Gasteiger partial charge >= 0.3 is 0 Å². The smallest absolute Gasteiger partial charge is 0.242 e. The predicted molar refractivity (Wildman–Crippen MR) is 122 cm³/mol. The van der Waals surface area contributed by atoms with Crippen molar-refractivity contribution in [1.29, 1.82) is 0 Å². The summed E-state index contributed by atoms with van der Waals surface area (Å²) in [4.78, 5) is 29.7. The molecule has 0 aliphatic rings. The van der Waals surface area contributed by atoms with E-state index in [4.69, 9.17) is 4.74 Å². The van der Waals surface area contributed by atoms with Gasteiger partial charge in [-0.15, -0.1) is 0 Å². The molecule has 0 saturated heterocycles. The fraction of sp³-hybridized carbons (Fsp3) is 0.750. The third kappa shape index (κ3) is 9.79. The molecule has 1 aromatic rings. The lowest BCUT2D eigenvalue weighted by Gasteiger charge is -2.29. The minimum atomic E-state index is -0.0267. The van der Waals surface area contributed by atoms with Crippen molar-refractivity contribution < 1.29 is 14.3 Å². The summed E-state index contributed by atoms with van der Waals surface area (Å²) in [5.41, 5.74) is 1.25. The Bertz CT molecular complexity index is 648. The zero-order chi connectivity index (χ0) is 22.7. The lowest BCUT2D eigenvalue weighted by atomic mass is 9.84. The Hall–Kier alpha value is -1.82. The average molecular weight is 422 g/mol. The van der Waals surface area contributed by atoms with Gasteiger partial charge in [0.15, 0.2) is 0 Å². The maximum absolute atomic E-state index is 13.1. The van der Waals surface area contributed by atoms with Crippen LogP contribution in [0.1, 0.15) is 66.0 Å². The largest absolute Gasteiger partial charge is 0.383 e. The highest BCUT2D eigenvalue weighted by molar-refractivity contribution is 5.85. The molecule has 1 aromatic heterocycles. The molecule has 0 fully saturated rings. The summed E-state index contributed by atoms with van der Waals surface area (Å²) in [6.45, 7) is 13.1. The molecular formula is C24H43N3O3. The molecule has 2 amide bonds. The van der Waals surface area contributed by atoms with Crippen LogP contribution in [0.25, 0.3) is 0 Å². The lowest BCUT2D eigenvalue weighted by molar-refractivity contribution is -0.142. The summed E-state index contributed by atoms with van der Waals surface area (Å²) in [5.74, 6) is 0.352. The van der Waals surface area contributed by atoms with Crippen LogP contribution in [0.2, 0.25) is 0 Å². The van der Waals surface area contributed by atoms with Crippen LogP contribution in [0.5, 0.6) is 0 Å². The van der Waals surface area contributed by atoms with Gasteiger partial charge in [0.05, 0.1) is 19.7 Å². The van der Waals surface area contributed by atoms with E-state index in [0.29, 0.717) is 38.6 Å². The van der Waals surface area contributed by atoms with Gasteiger partial charge in [-0.1, -0.05) is 41.0 Å². The minimum absolute atomic E-state index is 0.0267. The summed E-state index contributed by atoms with van der Waals surface area (Å²) in [6.07, 6.45) is 5.35. The van der Waals surface area contributed by atoms with E-state index in [0.717, 1.165) is 25.0 Å². The third-order valence-corrected chi connectivity index (χ3v) is 5.27. The molecule has 172 valence electrons. The predicted octanol–water partition coefficient (Wildman–Crippen LogP) is 4.09. The van der Waals surface area contributed by atoms with E-state index in [1.54, 1.807) is 16.9 Å². The standard InChI is InChI=1S/C24H43N3O3/c1-8-9-13-26(22(28)16-20(2)17-24(3,4)5)19-23(29)27(14-15-30-7)18-21-11-10-12-25(21)6/h10-12,20H,8-9,13-19H2,1-7H3/t20-/m1/s1. The van der Waals surface area contributed by atoms with E-state index >= 15 is 0 Å². The maximum atomic E-state index is 13.1. The summed E-state index contributed by atoms with van der Waals surface area (Å²) in [5, 5.41) is 0. The van der Waals surface area contributed by atoms with Crippen molar-refractivity contribution in [2.75, 3.05) is 33.4 Å². The zero-order valence-electron chi connectivity index (χ0n) is 20.2. The number of nitrogens with zero attached hydrogens (tertiary/aromatic N) is 3. The molecule has 6 nitrogen and oxygen atoms in total. The van der Waals surface area contributed by atoms with Crippen LogP contribution in [-0.2, 0) is 27.9 Å². The minimum Gasteiger partial charge on any atom is -0.383 e. The maximum Gasteiger partial charge on any atom is 0.242 e. The summed E-state index contributed by atoms with van der Waals surface area (Å²) < 4.78 is 7.22. The van der Waals surface area contributed by atoms with Crippen molar-refractivity contribution in [1.82, 2.24) is 14.4 Å². The normalized spacial score (nSPS) is 12.6. The molecule has 0 aromatic carbocycles. The first kappa shape index (κ1) is 26.2. The number of aromatic nitrogens is 1. The van der Waals surface area contributed by atoms with Gasteiger partial charge in [0.1, 0.15) is 0 Å². The molecule has 0 radical (unpaired) electrons. The second-order valence-corrected chi connectivity index (χ2v) is 9.66. The number of aryl methyl sites for hydroxylation is 1. The molecule has 6 heteroatoms. The van der Waals surface area contributed by atoms with E-state index < -0.39 is 0 Å². The summed E-state index contributed by atoms with van der Waals surface area (Å²) >= 11 is 0.